The van der Waals surface area contributed by atoms with Crippen LogP contribution in [0.3, 0.4) is 0 Å². The van der Waals surface area contributed by atoms with Crippen LogP contribution >= 0.6 is 0 Å². The molecule has 44 heavy (non-hydrogen) atoms. The Kier molecular flexibility index (Phi) is 7.52. The van der Waals surface area contributed by atoms with Gasteiger partial charge in [0.25, 0.3) is 0 Å². The molecule has 0 radical (unpaired) electrons. The van der Waals surface area contributed by atoms with Gasteiger partial charge in [-0.25, -0.2) is 0 Å². The zero-order valence-corrected chi connectivity index (χ0v) is 25.9. The first kappa shape index (κ1) is 28.1. The van der Waals surface area contributed by atoms with Crippen LogP contribution in [0.1, 0.15) is 12.0 Å². The van der Waals surface area contributed by atoms with Crippen LogP contribution in [-0.4, -0.2) is 32.1 Å². The quantitative estimate of drug-likeness (QED) is 0.199. The number of nitrogens with zero attached hydrogens (tertiary/aromatic N) is 1. The highest BCUT2D eigenvalue weighted by molar-refractivity contribution is 5.92. The van der Waals surface area contributed by atoms with Crippen molar-refractivity contribution in [3.8, 4) is 51.3 Å². The van der Waals surface area contributed by atoms with Gasteiger partial charge in [-0.1, -0.05) is 18.2 Å². The van der Waals surface area contributed by atoms with E-state index in [4.69, 9.17) is 23.7 Å². The Bertz CT molecular complexity index is 1950. The number of benzene rings is 4. The molecule has 0 spiro atoms. The van der Waals surface area contributed by atoms with E-state index in [2.05, 4.69) is 76.4 Å². The number of aromatic amines is 1. The lowest BCUT2D eigenvalue weighted by molar-refractivity contribution is -0.686. The SMILES string of the molecule is COc1ccc2cc3[n+](cc2c1OCCCOc1ccc(-c2cc4ccccc4[nH]2)cc1)CCc1cc2c(cc1-3)OCO2.[Br-]. The molecule has 6 aromatic rings. The van der Waals surface area contributed by atoms with E-state index in [1.54, 1.807) is 7.11 Å². The Labute approximate surface area is 265 Å². The average molecular weight is 652 g/mol. The number of para-hydroxylation sites is 1. The number of hydrogen-bond acceptors (Lipinski definition) is 5. The van der Waals surface area contributed by atoms with Gasteiger partial charge in [0, 0.05) is 35.5 Å². The van der Waals surface area contributed by atoms with Crippen LogP contribution in [0.5, 0.6) is 28.7 Å². The van der Waals surface area contributed by atoms with E-state index in [1.807, 2.05) is 24.3 Å². The van der Waals surface area contributed by atoms with E-state index in [0.717, 1.165) is 81.4 Å². The van der Waals surface area contributed by atoms with Gasteiger partial charge in [-0.2, -0.15) is 4.57 Å². The Morgan fingerprint density at radius 3 is 2.50 bits per heavy atom. The van der Waals surface area contributed by atoms with Gasteiger partial charge in [0.05, 0.1) is 31.3 Å². The van der Waals surface area contributed by atoms with Gasteiger partial charge < -0.3 is 45.6 Å². The molecule has 4 heterocycles. The smallest absolute Gasteiger partial charge is 0.231 e. The number of hydrogen-bond donors (Lipinski definition) is 1. The van der Waals surface area contributed by atoms with Crippen molar-refractivity contribution in [2.75, 3.05) is 27.1 Å². The molecule has 1 N–H and O–H groups in total. The maximum absolute atomic E-state index is 6.35. The number of halogens is 1. The summed E-state index contributed by atoms with van der Waals surface area (Å²) in [4.78, 5) is 3.48. The van der Waals surface area contributed by atoms with Crippen molar-refractivity contribution in [1.82, 2.24) is 4.98 Å². The molecule has 0 saturated carbocycles. The molecular formula is C36H31BrN2O5. The number of rotatable bonds is 8. The maximum atomic E-state index is 6.35. The number of aromatic nitrogens is 2. The minimum atomic E-state index is 0. The molecule has 8 rings (SSSR count). The second-order valence-corrected chi connectivity index (χ2v) is 10.9. The van der Waals surface area contributed by atoms with Crippen molar-refractivity contribution in [3.05, 3.63) is 96.7 Å². The van der Waals surface area contributed by atoms with Crippen molar-refractivity contribution in [2.24, 2.45) is 0 Å². The molecule has 0 amide bonds. The average Bonchev–Trinajstić information content (AvgIpc) is 3.70. The summed E-state index contributed by atoms with van der Waals surface area (Å²) in [6, 6.07) is 29.2. The monoisotopic (exact) mass is 650 g/mol. The van der Waals surface area contributed by atoms with Crippen LogP contribution in [0.2, 0.25) is 0 Å². The van der Waals surface area contributed by atoms with Crippen molar-refractivity contribution in [1.29, 1.82) is 0 Å². The van der Waals surface area contributed by atoms with Crippen LogP contribution < -0.4 is 45.2 Å². The minimum absolute atomic E-state index is 0. The van der Waals surface area contributed by atoms with Crippen LogP contribution in [0.25, 0.3) is 44.2 Å². The summed E-state index contributed by atoms with van der Waals surface area (Å²) in [5, 5.41) is 3.33. The van der Waals surface area contributed by atoms with E-state index in [1.165, 1.54) is 16.5 Å². The van der Waals surface area contributed by atoms with Gasteiger partial charge >= 0.3 is 0 Å². The minimum Gasteiger partial charge on any atom is -1.00 e. The number of pyridine rings is 1. The van der Waals surface area contributed by atoms with E-state index in [0.29, 0.717) is 13.2 Å². The van der Waals surface area contributed by atoms with Crippen molar-refractivity contribution < 1.29 is 45.2 Å². The fourth-order valence-electron chi connectivity index (χ4n) is 6.09. The molecule has 222 valence electrons. The molecule has 8 heteroatoms. The third-order valence-electron chi connectivity index (χ3n) is 8.30. The Morgan fingerprint density at radius 1 is 0.841 bits per heavy atom. The molecule has 4 aromatic carbocycles. The third-order valence-corrected chi connectivity index (χ3v) is 8.30. The Balaban J connectivity index is 0.00000312. The summed E-state index contributed by atoms with van der Waals surface area (Å²) in [6.07, 6.45) is 3.85. The van der Waals surface area contributed by atoms with Gasteiger partial charge in [0.15, 0.2) is 35.7 Å². The fourth-order valence-corrected chi connectivity index (χ4v) is 6.09. The molecule has 0 atom stereocenters. The molecular weight excluding hydrogens is 620 g/mol. The zero-order valence-electron chi connectivity index (χ0n) is 24.3. The predicted molar refractivity (Wildman–Crippen MR) is 165 cm³/mol. The van der Waals surface area contributed by atoms with Crippen LogP contribution in [0.4, 0.5) is 0 Å². The molecule has 0 fully saturated rings. The van der Waals surface area contributed by atoms with Gasteiger partial charge in [0.1, 0.15) is 5.75 Å². The van der Waals surface area contributed by atoms with Crippen LogP contribution in [0, 0.1) is 0 Å². The molecule has 0 aliphatic carbocycles. The number of fused-ring (bicyclic) bond motifs is 6. The lowest BCUT2D eigenvalue weighted by Crippen LogP contribution is -3.00. The maximum Gasteiger partial charge on any atom is 0.231 e. The Morgan fingerprint density at radius 2 is 1.66 bits per heavy atom. The molecule has 2 aliphatic rings. The fraction of sp³-hybridized carbons (Fsp3) is 0.194. The Hall–Kier alpha value is -4.69. The molecule has 2 aromatic heterocycles. The van der Waals surface area contributed by atoms with E-state index in [-0.39, 0.29) is 23.8 Å². The molecule has 0 bridgehead atoms. The normalized spacial score (nSPS) is 12.8. The number of methoxy groups -OCH3 is 1. The summed E-state index contributed by atoms with van der Waals surface area (Å²) >= 11 is 0. The molecule has 7 nitrogen and oxygen atoms in total. The lowest BCUT2D eigenvalue weighted by Gasteiger charge is -2.18. The van der Waals surface area contributed by atoms with Crippen LogP contribution in [-0.2, 0) is 13.0 Å². The van der Waals surface area contributed by atoms with E-state index >= 15 is 0 Å². The highest BCUT2D eigenvalue weighted by Gasteiger charge is 2.28. The lowest BCUT2D eigenvalue weighted by atomic mass is 9.95. The largest absolute Gasteiger partial charge is 1.00 e. The summed E-state index contributed by atoms with van der Waals surface area (Å²) in [6.45, 7) is 2.22. The second-order valence-electron chi connectivity index (χ2n) is 10.9. The summed E-state index contributed by atoms with van der Waals surface area (Å²) in [5.41, 5.74) is 6.99. The number of ether oxygens (including phenoxy) is 5. The highest BCUT2D eigenvalue weighted by Crippen LogP contribution is 2.41. The standard InChI is InChI=1S/C36H31N2O5.BrH/c1-39-33-12-9-24-18-32-28-20-35-34(42-22-43-35)19-25(28)13-14-38(32)21-29(24)36(33)41-16-4-15-40-27-10-7-23(8-11-27)31-17-26-5-2-3-6-30(26)37-31;/h2-3,5-12,17-21,37H,4,13-16,22H2,1H3;1H/q+1;/p-1. The first-order valence-corrected chi connectivity index (χ1v) is 14.6. The highest BCUT2D eigenvalue weighted by atomic mass is 79.9. The topological polar surface area (TPSA) is 65.8 Å². The first-order valence-electron chi connectivity index (χ1n) is 14.6. The number of aryl methyl sites for hydroxylation is 2. The van der Waals surface area contributed by atoms with Crippen molar-refractivity contribution in [2.45, 2.75) is 19.4 Å². The number of H-pyrrole nitrogens is 1. The van der Waals surface area contributed by atoms with Crippen molar-refractivity contribution in [3.63, 3.8) is 0 Å². The molecule has 0 unspecified atom stereocenters. The summed E-state index contributed by atoms with van der Waals surface area (Å²) in [7, 11) is 1.68. The zero-order chi connectivity index (χ0) is 28.8. The van der Waals surface area contributed by atoms with E-state index in [9.17, 15) is 0 Å². The predicted octanol–water partition coefficient (Wildman–Crippen LogP) is 4.09. The van der Waals surface area contributed by atoms with Gasteiger partial charge in [-0.15, -0.1) is 0 Å². The summed E-state index contributed by atoms with van der Waals surface area (Å²) in [5.74, 6) is 3.96. The first-order chi connectivity index (χ1) is 21.2. The van der Waals surface area contributed by atoms with Crippen molar-refractivity contribution >= 4 is 21.7 Å². The van der Waals surface area contributed by atoms with E-state index < -0.39 is 0 Å². The summed E-state index contributed by atoms with van der Waals surface area (Å²) < 4.78 is 31.6. The van der Waals surface area contributed by atoms with Crippen LogP contribution in [0.15, 0.2) is 91.1 Å². The van der Waals surface area contributed by atoms with Gasteiger partial charge in [-0.3, -0.25) is 0 Å². The number of nitrogens with one attached hydrogen (secondary N) is 1. The molecule has 2 aliphatic heterocycles. The molecule has 0 saturated heterocycles. The van der Waals surface area contributed by atoms with Gasteiger partial charge in [-0.05, 0) is 77.2 Å². The second kappa shape index (κ2) is 11.8. The van der Waals surface area contributed by atoms with Gasteiger partial charge in [0.2, 0.25) is 12.5 Å². The third kappa shape index (κ3) is 5.09.